The Bertz CT molecular complexity index is 727. The van der Waals surface area contributed by atoms with Crippen LogP contribution in [0.2, 0.25) is 0 Å². The van der Waals surface area contributed by atoms with Crippen molar-refractivity contribution in [3.05, 3.63) is 62.8 Å². The summed E-state index contributed by atoms with van der Waals surface area (Å²) >= 11 is 4.92. The maximum absolute atomic E-state index is 12.6. The summed E-state index contributed by atoms with van der Waals surface area (Å²) in [5.41, 5.74) is 0.953. The number of carbonyl (C=O) groups is 2. The highest BCUT2D eigenvalue weighted by atomic mass is 79.9. The van der Waals surface area contributed by atoms with Crippen molar-refractivity contribution in [2.75, 3.05) is 7.11 Å². The molecule has 4 nitrogen and oxygen atoms in total. The molecule has 1 amide bonds. The van der Waals surface area contributed by atoms with Crippen molar-refractivity contribution in [3.8, 4) is 0 Å². The monoisotopic (exact) mass is 407 g/mol. The van der Waals surface area contributed by atoms with E-state index in [1.807, 2.05) is 42.5 Å². The number of benzene rings is 1. The minimum Gasteiger partial charge on any atom is -0.467 e. The Morgan fingerprint density at radius 2 is 1.96 bits per heavy atom. The van der Waals surface area contributed by atoms with E-state index in [-0.39, 0.29) is 5.91 Å². The number of nitrogens with zero attached hydrogens (tertiary/aromatic N) is 1. The SMILES string of the molecule is COC(=O)[C@H](C)N(Cc1ccccc1)C(=O)/C=C/c1ccc(Br)s1. The molecular formula is C18H18BrNO3S. The summed E-state index contributed by atoms with van der Waals surface area (Å²) in [6, 6.07) is 12.7. The third-order valence-electron chi connectivity index (χ3n) is 3.47. The van der Waals surface area contributed by atoms with Crippen molar-refractivity contribution in [1.82, 2.24) is 4.90 Å². The highest BCUT2D eigenvalue weighted by Crippen LogP contribution is 2.23. The third-order valence-corrected chi connectivity index (χ3v) is 5.06. The van der Waals surface area contributed by atoms with Gasteiger partial charge in [-0.1, -0.05) is 30.3 Å². The molecule has 1 atom stereocenters. The molecule has 0 aliphatic carbocycles. The van der Waals surface area contributed by atoms with Crippen molar-refractivity contribution in [3.63, 3.8) is 0 Å². The number of thiophene rings is 1. The van der Waals surface area contributed by atoms with Crippen molar-refractivity contribution in [2.45, 2.75) is 19.5 Å². The van der Waals surface area contributed by atoms with Gasteiger partial charge in [0.15, 0.2) is 0 Å². The van der Waals surface area contributed by atoms with E-state index in [4.69, 9.17) is 4.74 Å². The molecule has 0 saturated heterocycles. The topological polar surface area (TPSA) is 46.6 Å². The van der Waals surface area contributed by atoms with Crippen LogP contribution in [0.15, 0.2) is 52.3 Å². The maximum atomic E-state index is 12.6. The van der Waals surface area contributed by atoms with Gasteiger partial charge in [-0.05, 0) is 46.6 Å². The summed E-state index contributed by atoms with van der Waals surface area (Å²) in [6.07, 6.45) is 3.24. The summed E-state index contributed by atoms with van der Waals surface area (Å²) in [7, 11) is 1.32. The molecule has 126 valence electrons. The lowest BCUT2D eigenvalue weighted by molar-refractivity contribution is -0.151. The van der Waals surface area contributed by atoms with E-state index in [0.29, 0.717) is 6.54 Å². The maximum Gasteiger partial charge on any atom is 0.328 e. The van der Waals surface area contributed by atoms with Crippen LogP contribution >= 0.6 is 27.3 Å². The van der Waals surface area contributed by atoms with Crippen molar-refractivity contribution in [2.24, 2.45) is 0 Å². The van der Waals surface area contributed by atoms with Crippen LogP contribution in [0.25, 0.3) is 6.08 Å². The molecule has 0 spiro atoms. The Hall–Kier alpha value is -1.92. The number of esters is 1. The first-order chi connectivity index (χ1) is 11.5. The number of hydrogen-bond acceptors (Lipinski definition) is 4. The van der Waals surface area contributed by atoms with E-state index in [9.17, 15) is 9.59 Å². The fourth-order valence-corrected chi connectivity index (χ4v) is 3.48. The second-order valence-electron chi connectivity index (χ2n) is 5.13. The Morgan fingerprint density at radius 1 is 1.25 bits per heavy atom. The second kappa shape index (κ2) is 8.80. The van der Waals surface area contributed by atoms with Crippen LogP contribution in [0.1, 0.15) is 17.4 Å². The zero-order valence-corrected chi connectivity index (χ0v) is 15.8. The minimum atomic E-state index is -0.664. The molecule has 24 heavy (non-hydrogen) atoms. The fraction of sp³-hybridized carbons (Fsp3) is 0.222. The molecule has 1 aromatic heterocycles. The summed E-state index contributed by atoms with van der Waals surface area (Å²) in [5, 5.41) is 0. The first-order valence-electron chi connectivity index (χ1n) is 7.37. The molecule has 0 N–H and O–H groups in total. The Kier molecular flexibility index (Phi) is 6.75. The molecule has 0 fully saturated rings. The third kappa shape index (κ3) is 5.04. The normalized spacial score (nSPS) is 12.1. The first-order valence-corrected chi connectivity index (χ1v) is 8.98. The number of carbonyl (C=O) groups excluding carboxylic acids is 2. The molecule has 1 aromatic carbocycles. The van der Waals surface area contributed by atoms with E-state index in [1.165, 1.54) is 29.4 Å². The molecule has 6 heteroatoms. The number of rotatable bonds is 6. The fourth-order valence-electron chi connectivity index (χ4n) is 2.15. The summed E-state index contributed by atoms with van der Waals surface area (Å²) in [5.74, 6) is -0.673. The number of amides is 1. The van der Waals surface area contributed by atoms with Gasteiger partial charge in [0, 0.05) is 17.5 Å². The lowest BCUT2D eigenvalue weighted by atomic mass is 10.1. The van der Waals surface area contributed by atoms with Gasteiger partial charge in [-0.25, -0.2) is 4.79 Å². The van der Waals surface area contributed by atoms with Crippen molar-refractivity contribution < 1.29 is 14.3 Å². The number of ether oxygens (including phenoxy) is 1. The molecule has 2 rings (SSSR count). The highest BCUT2D eigenvalue weighted by molar-refractivity contribution is 9.11. The van der Waals surface area contributed by atoms with E-state index in [1.54, 1.807) is 13.0 Å². The minimum absolute atomic E-state index is 0.235. The highest BCUT2D eigenvalue weighted by Gasteiger charge is 2.25. The number of methoxy groups -OCH3 is 1. The zero-order valence-electron chi connectivity index (χ0n) is 13.4. The van der Waals surface area contributed by atoms with Crippen LogP contribution in [0.3, 0.4) is 0 Å². The molecule has 0 saturated carbocycles. The number of hydrogen-bond donors (Lipinski definition) is 0. The summed E-state index contributed by atoms with van der Waals surface area (Å²) < 4.78 is 5.78. The van der Waals surface area contributed by atoms with Gasteiger partial charge in [0.1, 0.15) is 6.04 Å². The quantitative estimate of drug-likeness (QED) is 0.534. The average Bonchev–Trinajstić information content (AvgIpc) is 3.02. The van der Waals surface area contributed by atoms with Gasteiger partial charge in [0.2, 0.25) is 5.91 Å². The standard InChI is InChI=1S/C18H18BrNO3S/c1-13(18(22)23-2)20(12-14-6-4-3-5-7-14)17(21)11-9-15-8-10-16(19)24-15/h3-11,13H,12H2,1-2H3/b11-9+/t13-/m0/s1. The Labute approximate surface area is 153 Å². The molecule has 2 aromatic rings. The molecule has 0 aliphatic heterocycles. The van der Waals surface area contributed by atoms with Crippen LogP contribution < -0.4 is 0 Å². The van der Waals surface area contributed by atoms with Crippen LogP contribution in [0.4, 0.5) is 0 Å². The first kappa shape index (κ1) is 18.4. The molecule has 0 aliphatic rings. The Morgan fingerprint density at radius 3 is 2.54 bits per heavy atom. The van der Waals surface area contributed by atoms with Crippen LogP contribution in [0, 0.1) is 0 Å². The van der Waals surface area contributed by atoms with E-state index in [0.717, 1.165) is 14.2 Å². The lowest BCUT2D eigenvalue weighted by Crippen LogP contribution is -2.42. The smallest absolute Gasteiger partial charge is 0.328 e. The summed E-state index contributed by atoms with van der Waals surface area (Å²) in [6.45, 7) is 2.01. The number of halogens is 1. The average molecular weight is 408 g/mol. The molecule has 1 heterocycles. The van der Waals surface area contributed by atoms with Gasteiger partial charge in [-0.3, -0.25) is 4.79 Å². The summed E-state index contributed by atoms with van der Waals surface area (Å²) in [4.78, 5) is 27.0. The second-order valence-corrected chi connectivity index (χ2v) is 7.62. The van der Waals surface area contributed by atoms with E-state index in [2.05, 4.69) is 15.9 Å². The zero-order chi connectivity index (χ0) is 17.5. The van der Waals surface area contributed by atoms with Gasteiger partial charge in [-0.2, -0.15) is 0 Å². The van der Waals surface area contributed by atoms with Gasteiger partial charge in [0.25, 0.3) is 0 Å². The van der Waals surface area contributed by atoms with Gasteiger partial charge in [-0.15, -0.1) is 11.3 Å². The lowest BCUT2D eigenvalue weighted by Gasteiger charge is -2.26. The molecular weight excluding hydrogens is 390 g/mol. The van der Waals surface area contributed by atoms with E-state index < -0.39 is 12.0 Å². The largest absolute Gasteiger partial charge is 0.467 e. The van der Waals surface area contributed by atoms with Crippen LogP contribution in [-0.2, 0) is 20.9 Å². The van der Waals surface area contributed by atoms with Crippen molar-refractivity contribution in [1.29, 1.82) is 0 Å². The van der Waals surface area contributed by atoms with Crippen LogP contribution in [-0.4, -0.2) is 29.9 Å². The van der Waals surface area contributed by atoms with Gasteiger partial charge in [0.05, 0.1) is 10.9 Å². The van der Waals surface area contributed by atoms with Gasteiger partial charge >= 0.3 is 5.97 Å². The predicted molar refractivity (Wildman–Crippen MR) is 99.5 cm³/mol. The van der Waals surface area contributed by atoms with Gasteiger partial charge < -0.3 is 9.64 Å². The van der Waals surface area contributed by atoms with Crippen molar-refractivity contribution >= 4 is 45.2 Å². The van der Waals surface area contributed by atoms with E-state index >= 15 is 0 Å². The predicted octanol–water partition coefficient (Wildman–Crippen LogP) is 4.11. The molecule has 0 unspecified atom stereocenters. The van der Waals surface area contributed by atoms with Crippen LogP contribution in [0.5, 0.6) is 0 Å². The molecule has 0 bridgehead atoms. The molecule has 0 radical (unpaired) electrons. The Balaban J connectivity index is 2.18.